The van der Waals surface area contributed by atoms with E-state index in [4.69, 9.17) is 5.73 Å². The summed E-state index contributed by atoms with van der Waals surface area (Å²) in [6.45, 7) is 0.267. The highest BCUT2D eigenvalue weighted by molar-refractivity contribution is 7.89. The van der Waals surface area contributed by atoms with E-state index in [1.807, 2.05) is 30.3 Å². The van der Waals surface area contributed by atoms with Crippen molar-refractivity contribution in [3.63, 3.8) is 0 Å². The largest absolute Gasteiger partial charge is 0.396 e. The summed E-state index contributed by atoms with van der Waals surface area (Å²) >= 11 is 0. The lowest BCUT2D eigenvalue weighted by Crippen LogP contribution is -2.26. The van der Waals surface area contributed by atoms with Gasteiger partial charge in [0, 0.05) is 6.54 Å². The molecule has 2 aromatic rings. The van der Waals surface area contributed by atoms with Crippen molar-refractivity contribution in [1.29, 1.82) is 0 Å². The van der Waals surface area contributed by atoms with Crippen LogP contribution < -0.4 is 10.5 Å². The van der Waals surface area contributed by atoms with Crippen molar-refractivity contribution in [2.24, 2.45) is 0 Å². The van der Waals surface area contributed by atoms with Crippen molar-refractivity contribution < 1.29 is 12.8 Å². The number of hydrogen-bond donors (Lipinski definition) is 2. The maximum Gasteiger partial charge on any atom is 0.240 e. The Kier molecular flexibility index (Phi) is 4.36. The lowest BCUT2D eigenvalue weighted by Gasteiger charge is -2.08. The first-order chi connectivity index (χ1) is 9.49. The average molecular weight is 294 g/mol. The summed E-state index contributed by atoms with van der Waals surface area (Å²) in [6.07, 6.45) is 0.580. The summed E-state index contributed by atoms with van der Waals surface area (Å²) < 4.78 is 39.5. The third-order valence-electron chi connectivity index (χ3n) is 2.83. The quantitative estimate of drug-likeness (QED) is 0.828. The Labute approximate surface area is 117 Å². The minimum Gasteiger partial charge on any atom is -0.396 e. The molecule has 0 aliphatic rings. The number of sulfonamides is 1. The Balaban J connectivity index is 2.02. The average Bonchev–Trinajstić information content (AvgIpc) is 2.43. The van der Waals surface area contributed by atoms with Crippen molar-refractivity contribution >= 4 is 15.7 Å². The van der Waals surface area contributed by atoms with Gasteiger partial charge in [0.1, 0.15) is 5.82 Å². The second kappa shape index (κ2) is 6.02. The summed E-state index contributed by atoms with van der Waals surface area (Å²) in [5, 5.41) is 0. The fraction of sp³-hybridized carbons (Fsp3) is 0.143. The van der Waals surface area contributed by atoms with Gasteiger partial charge in [-0.3, -0.25) is 0 Å². The highest BCUT2D eigenvalue weighted by atomic mass is 32.2. The van der Waals surface area contributed by atoms with Crippen LogP contribution in [0.5, 0.6) is 0 Å². The molecule has 0 aromatic heterocycles. The maximum absolute atomic E-state index is 13.0. The van der Waals surface area contributed by atoms with E-state index in [9.17, 15) is 12.8 Å². The highest BCUT2D eigenvalue weighted by Crippen LogP contribution is 2.16. The van der Waals surface area contributed by atoms with Crippen molar-refractivity contribution in [3.05, 3.63) is 59.9 Å². The molecule has 3 N–H and O–H groups in total. The Bertz CT molecular complexity index is 688. The molecule has 0 saturated carbocycles. The van der Waals surface area contributed by atoms with Gasteiger partial charge in [0.15, 0.2) is 0 Å². The molecule has 6 heteroatoms. The van der Waals surface area contributed by atoms with Gasteiger partial charge in [0.05, 0.1) is 10.6 Å². The number of nitrogens with one attached hydrogen (secondary N) is 1. The van der Waals surface area contributed by atoms with Crippen LogP contribution in [0.4, 0.5) is 10.1 Å². The number of hydrogen-bond acceptors (Lipinski definition) is 3. The summed E-state index contributed by atoms with van der Waals surface area (Å²) in [5.74, 6) is -0.631. The van der Waals surface area contributed by atoms with Crippen molar-refractivity contribution in [3.8, 4) is 0 Å². The molecule has 4 nitrogen and oxygen atoms in total. The number of benzene rings is 2. The lowest BCUT2D eigenvalue weighted by molar-refractivity contribution is 0.581. The van der Waals surface area contributed by atoms with Gasteiger partial charge < -0.3 is 5.73 Å². The highest BCUT2D eigenvalue weighted by Gasteiger charge is 2.14. The Morgan fingerprint density at radius 1 is 1.10 bits per heavy atom. The smallest absolute Gasteiger partial charge is 0.240 e. The number of nitrogens with two attached hydrogens (primary N) is 1. The molecule has 2 aromatic carbocycles. The molecule has 0 atom stereocenters. The van der Waals surface area contributed by atoms with Gasteiger partial charge in [0.2, 0.25) is 10.0 Å². The van der Waals surface area contributed by atoms with Crippen LogP contribution in [0.15, 0.2) is 53.4 Å². The summed E-state index contributed by atoms with van der Waals surface area (Å²) in [5.41, 5.74) is 6.22. The van der Waals surface area contributed by atoms with E-state index in [-0.39, 0.29) is 17.1 Å². The SMILES string of the molecule is Nc1cc(S(=O)(=O)NCCc2ccccc2)ccc1F. The summed E-state index contributed by atoms with van der Waals surface area (Å²) in [4.78, 5) is -0.0375. The van der Waals surface area contributed by atoms with Crippen LogP contribution in [0.1, 0.15) is 5.56 Å². The molecule has 106 valence electrons. The van der Waals surface area contributed by atoms with E-state index in [0.29, 0.717) is 6.42 Å². The summed E-state index contributed by atoms with van der Waals surface area (Å²) in [6, 6.07) is 12.9. The Morgan fingerprint density at radius 2 is 1.80 bits per heavy atom. The van der Waals surface area contributed by atoms with Gasteiger partial charge >= 0.3 is 0 Å². The molecular weight excluding hydrogens is 279 g/mol. The molecule has 0 bridgehead atoms. The van der Waals surface area contributed by atoms with E-state index in [2.05, 4.69) is 4.72 Å². The minimum atomic E-state index is -3.67. The molecule has 0 amide bonds. The second-order valence-corrected chi connectivity index (χ2v) is 6.08. The second-order valence-electron chi connectivity index (χ2n) is 4.32. The molecule has 0 saturated heterocycles. The van der Waals surface area contributed by atoms with Gasteiger partial charge in [-0.05, 0) is 30.2 Å². The van der Waals surface area contributed by atoms with Crippen LogP contribution in [0, 0.1) is 5.82 Å². The van der Waals surface area contributed by atoms with Gasteiger partial charge in [-0.15, -0.1) is 0 Å². The predicted octanol–water partition coefficient (Wildman–Crippen LogP) is 1.93. The maximum atomic E-state index is 13.0. The third-order valence-corrected chi connectivity index (χ3v) is 4.29. The molecule has 0 aliphatic carbocycles. The zero-order valence-electron chi connectivity index (χ0n) is 10.7. The van der Waals surface area contributed by atoms with Crippen LogP contribution in [0.2, 0.25) is 0 Å². The predicted molar refractivity (Wildman–Crippen MR) is 76.1 cm³/mol. The fourth-order valence-corrected chi connectivity index (χ4v) is 2.81. The van der Waals surface area contributed by atoms with Crippen LogP contribution in [0.25, 0.3) is 0 Å². The van der Waals surface area contributed by atoms with Crippen LogP contribution in [-0.2, 0) is 16.4 Å². The zero-order valence-corrected chi connectivity index (χ0v) is 11.5. The molecule has 0 unspecified atom stereocenters. The van der Waals surface area contributed by atoms with Gasteiger partial charge in [-0.2, -0.15) is 0 Å². The number of nitrogen functional groups attached to an aromatic ring is 1. The number of anilines is 1. The Hall–Kier alpha value is -1.92. The first-order valence-corrected chi connectivity index (χ1v) is 7.56. The molecule has 0 heterocycles. The fourth-order valence-electron chi connectivity index (χ4n) is 1.75. The first kappa shape index (κ1) is 14.5. The van der Waals surface area contributed by atoms with E-state index < -0.39 is 15.8 Å². The molecule has 0 fully saturated rings. The molecule has 0 radical (unpaired) electrons. The summed E-state index contributed by atoms with van der Waals surface area (Å²) in [7, 11) is -3.67. The zero-order chi connectivity index (χ0) is 14.6. The number of rotatable bonds is 5. The van der Waals surface area contributed by atoms with Crippen LogP contribution in [-0.4, -0.2) is 15.0 Å². The van der Waals surface area contributed by atoms with Gasteiger partial charge in [-0.1, -0.05) is 30.3 Å². The van der Waals surface area contributed by atoms with E-state index in [1.54, 1.807) is 0 Å². The third kappa shape index (κ3) is 3.55. The molecule has 20 heavy (non-hydrogen) atoms. The molecule has 2 rings (SSSR count). The van der Waals surface area contributed by atoms with Crippen molar-refractivity contribution in [2.75, 3.05) is 12.3 Å². The van der Waals surface area contributed by atoms with E-state index in [0.717, 1.165) is 17.7 Å². The normalized spacial score (nSPS) is 11.4. The first-order valence-electron chi connectivity index (χ1n) is 6.08. The van der Waals surface area contributed by atoms with Crippen LogP contribution in [0.3, 0.4) is 0 Å². The van der Waals surface area contributed by atoms with E-state index in [1.165, 1.54) is 6.07 Å². The van der Waals surface area contributed by atoms with E-state index >= 15 is 0 Å². The standard InChI is InChI=1S/C14H15FN2O2S/c15-13-7-6-12(10-14(13)16)20(18,19)17-9-8-11-4-2-1-3-5-11/h1-7,10,17H,8-9,16H2. The molecular formula is C14H15FN2O2S. The Morgan fingerprint density at radius 3 is 2.45 bits per heavy atom. The molecule has 0 spiro atoms. The number of halogens is 1. The minimum absolute atomic E-state index is 0.0375. The van der Waals surface area contributed by atoms with Crippen LogP contribution >= 0.6 is 0 Å². The lowest BCUT2D eigenvalue weighted by atomic mass is 10.2. The van der Waals surface area contributed by atoms with Gasteiger partial charge in [0.25, 0.3) is 0 Å². The van der Waals surface area contributed by atoms with Crippen molar-refractivity contribution in [2.45, 2.75) is 11.3 Å². The van der Waals surface area contributed by atoms with Gasteiger partial charge in [-0.25, -0.2) is 17.5 Å². The monoisotopic (exact) mass is 294 g/mol. The molecule has 0 aliphatic heterocycles. The van der Waals surface area contributed by atoms with Crippen molar-refractivity contribution in [1.82, 2.24) is 4.72 Å². The topological polar surface area (TPSA) is 72.2 Å².